The Kier molecular flexibility index (Phi) is 4.83. The molecule has 0 amide bonds. The summed E-state index contributed by atoms with van der Waals surface area (Å²) in [7, 11) is 0. The van der Waals surface area contributed by atoms with Gasteiger partial charge in [-0.05, 0) is 24.6 Å². The molecule has 0 saturated heterocycles. The Labute approximate surface area is 104 Å². The molecule has 1 aromatic carbocycles. The summed E-state index contributed by atoms with van der Waals surface area (Å²) in [6, 6.07) is 4.17. The van der Waals surface area contributed by atoms with Gasteiger partial charge in [0.05, 0.1) is 11.1 Å². The fraction of sp³-hybridized carbons (Fsp3) is 0.111. The van der Waals surface area contributed by atoms with Gasteiger partial charge in [-0.3, -0.25) is 0 Å². The van der Waals surface area contributed by atoms with Crippen LogP contribution in [0.5, 0.6) is 0 Å². The maximum Gasteiger partial charge on any atom is 1.00 e. The summed E-state index contributed by atoms with van der Waals surface area (Å²) in [5, 5.41) is 17.4. The second-order valence-corrected chi connectivity index (χ2v) is 2.59. The molecule has 0 unspecified atom stereocenters. The normalized spacial score (nSPS) is 8.93. The van der Waals surface area contributed by atoms with Crippen LogP contribution in [0.2, 0.25) is 0 Å². The maximum absolute atomic E-state index is 10.6. The first-order chi connectivity index (χ1) is 6.04. The van der Waals surface area contributed by atoms with Crippen molar-refractivity contribution in [3.05, 3.63) is 34.9 Å². The molecule has 0 aromatic heterocycles. The summed E-state index contributed by atoms with van der Waals surface area (Å²) in [5.41, 5.74) is 0.335. The molecule has 0 aliphatic carbocycles. The summed E-state index contributed by atoms with van der Waals surface area (Å²) < 4.78 is 0. The molecule has 14 heavy (non-hydrogen) atoms. The van der Waals surface area contributed by atoms with E-state index in [4.69, 9.17) is 10.2 Å². The zero-order valence-corrected chi connectivity index (χ0v) is 9.94. The Bertz CT molecular complexity index is 346. The van der Waals surface area contributed by atoms with Crippen LogP contribution in [0.3, 0.4) is 0 Å². The smallest absolute Gasteiger partial charge is 1.00 e. The predicted molar refractivity (Wildman–Crippen MR) is 46.2 cm³/mol. The number of hydrogen-bond donors (Lipinski definition) is 2. The van der Waals surface area contributed by atoms with Crippen molar-refractivity contribution in [2.75, 3.05) is 0 Å². The van der Waals surface area contributed by atoms with Crippen LogP contribution in [0.15, 0.2) is 18.2 Å². The molecule has 70 valence electrons. The molecule has 0 fully saturated rings. The Morgan fingerprint density at radius 3 is 1.79 bits per heavy atom. The van der Waals surface area contributed by atoms with Crippen molar-refractivity contribution in [2.24, 2.45) is 0 Å². The van der Waals surface area contributed by atoms with Crippen molar-refractivity contribution in [1.82, 2.24) is 0 Å². The summed E-state index contributed by atoms with van der Waals surface area (Å²) in [6.45, 7) is 1.48. The maximum atomic E-state index is 10.6. The van der Waals surface area contributed by atoms with E-state index in [1.54, 1.807) is 0 Å². The van der Waals surface area contributed by atoms with Crippen LogP contribution >= 0.6 is 0 Å². The minimum absolute atomic E-state index is 0. The van der Waals surface area contributed by atoms with Gasteiger partial charge in [-0.15, -0.1) is 0 Å². The van der Waals surface area contributed by atoms with Crippen molar-refractivity contribution in [1.29, 1.82) is 0 Å². The Balaban J connectivity index is 0. The van der Waals surface area contributed by atoms with Gasteiger partial charge in [-0.1, -0.05) is 6.07 Å². The first-order valence-electron chi connectivity index (χ1n) is 3.60. The molecular formula is C9H9NaO4. The molecule has 1 rings (SSSR count). The molecular weight excluding hydrogens is 195 g/mol. The van der Waals surface area contributed by atoms with Gasteiger partial charge in [-0.2, -0.15) is 0 Å². The first kappa shape index (κ1) is 13.2. The number of rotatable bonds is 2. The average Bonchev–Trinajstić information content (AvgIpc) is 2.03. The Hall–Kier alpha value is -0.840. The van der Waals surface area contributed by atoms with Gasteiger partial charge >= 0.3 is 41.5 Å². The molecule has 5 heteroatoms. The summed E-state index contributed by atoms with van der Waals surface area (Å²) in [6.07, 6.45) is 0. The SMILES string of the molecule is Cc1c(C(=O)O)cccc1C(=O)O.[H-].[Na+]. The van der Waals surface area contributed by atoms with E-state index in [9.17, 15) is 9.59 Å². The van der Waals surface area contributed by atoms with Gasteiger partial charge in [0.25, 0.3) is 0 Å². The number of carbonyl (C=O) groups is 2. The van der Waals surface area contributed by atoms with Crippen molar-refractivity contribution in [2.45, 2.75) is 6.92 Å². The van der Waals surface area contributed by atoms with E-state index in [-0.39, 0.29) is 47.7 Å². The van der Waals surface area contributed by atoms with Crippen molar-refractivity contribution < 1.29 is 50.8 Å². The van der Waals surface area contributed by atoms with Gasteiger partial charge in [0.15, 0.2) is 0 Å². The Morgan fingerprint density at radius 1 is 1.14 bits per heavy atom. The molecule has 0 atom stereocenters. The number of carboxylic acid groups (broad SMARTS) is 2. The van der Waals surface area contributed by atoms with E-state index in [0.29, 0.717) is 0 Å². The van der Waals surface area contributed by atoms with Crippen molar-refractivity contribution in [3.8, 4) is 0 Å². The molecule has 0 aliphatic rings. The second-order valence-electron chi connectivity index (χ2n) is 2.59. The van der Waals surface area contributed by atoms with E-state index in [1.165, 1.54) is 25.1 Å². The number of carboxylic acids is 2. The molecule has 2 N–H and O–H groups in total. The van der Waals surface area contributed by atoms with Crippen LogP contribution in [-0.4, -0.2) is 22.2 Å². The van der Waals surface area contributed by atoms with Gasteiger partial charge in [-0.25, -0.2) is 9.59 Å². The van der Waals surface area contributed by atoms with Crippen molar-refractivity contribution in [3.63, 3.8) is 0 Å². The molecule has 0 saturated carbocycles. The minimum atomic E-state index is -1.11. The van der Waals surface area contributed by atoms with Crippen LogP contribution in [0.4, 0.5) is 0 Å². The topological polar surface area (TPSA) is 74.6 Å². The fourth-order valence-corrected chi connectivity index (χ4v) is 1.10. The van der Waals surface area contributed by atoms with E-state index >= 15 is 0 Å². The third-order valence-electron chi connectivity index (χ3n) is 1.79. The first-order valence-corrected chi connectivity index (χ1v) is 3.60. The van der Waals surface area contributed by atoms with Crippen LogP contribution in [0.25, 0.3) is 0 Å². The van der Waals surface area contributed by atoms with E-state index < -0.39 is 11.9 Å². The number of benzene rings is 1. The molecule has 0 heterocycles. The zero-order chi connectivity index (χ0) is 10.0. The molecule has 0 radical (unpaired) electrons. The van der Waals surface area contributed by atoms with Crippen molar-refractivity contribution >= 4 is 11.9 Å². The second kappa shape index (κ2) is 5.14. The van der Waals surface area contributed by atoms with Gasteiger partial charge < -0.3 is 11.6 Å². The third-order valence-corrected chi connectivity index (χ3v) is 1.79. The van der Waals surface area contributed by atoms with Gasteiger partial charge in [0.1, 0.15) is 0 Å². The van der Waals surface area contributed by atoms with E-state index in [0.717, 1.165) is 0 Å². The molecule has 1 aromatic rings. The van der Waals surface area contributed by atoms with E-state index in [1.807, 2.05) is 0 Å². The summed E-state index contributed by atoms with van der Waals surface area (Å²) >= 11 is 0. The van der Waals surface area contributed by atoms with Gasteiger partial charge in [0.2, 0.25) is 0 Å². The molecule has 4 nitrogen and oxygen atoms in total. The number of aromatic carboxylic acids is 2. The van der Waals surface area contributed by atoms with Crippen LogP contribution < -0.4 is 29.6 Å². The minimum Gasteiger partial charge on any atom is -1.00 e. The zero-order valence-electron chi connectivity index (χ0n) is 8.94. The van der Waals surface area contributed by atoms with Crippen LogP contribution in [0, 0.1) is 6.92 Å². The summed E-state index contributed by atoms with van der Waals surface area (Å²) in [5.74, 6) is -2.22. The van der Waals surface area contributed by atoms with Gasteiger partial charge in [0, 0.05) is 0 Å². The predicted octanol–water partition coefficient (Wildman–Crippen LogP) is -1.49. The quantitative estimate of drug-likeness (QED) is 0.575. The molecule has 0 spiro atoms. The Morgan fingerprint density at radius 2 is 1.50 bits per heavy atom. The third kappa shape index (κ3) is 2.57. The van der Waals surface area contributed by atoms with Crippen LogP contribution in [0.1, 0.15) is 27.7 Å². The molecule has 0 bridgehead atoms. The standard InChI is InChI=1S/C9H8O4.Na.H/c1-5-6(8(10)11)3-2-4-7(5)9(12)13;;/h2-4H,1H3,(H,10,11)(H,12,13);;/q;+1;-1. The summed E-state index contributed by atoms with van der Waals surface area (Å²) in [4.78, 5) is 21.2. The monoisotopic (exact) mass is 204 g/mol. The van der Waals surface area contributed by atoms with Crippen LogP contribution in [-0.2, 0) is 0 Å². The largest absolute Gasteiger partial charge is 1.00 e. The fourth-order valence-electron chi connectivity index (χ4n) is 1.10. The number of hydrogen-bond acceptors (Lipinski definition) is 2. The molecule has 0 aliphatic heterocycles. The van der Waals surface area contributed by atoms with E-state index in [2.05, 4.69) is 0 Å². The average molecular weight is 204 g/mol.